The molecule has 1 heterocycles. The summed E-state index contributed by atoms with van der Waals surface area (Å²) in [5.74, 6) is -0.942. The maximum Gasteiger partial charge on any atom is 0.286 e. The van der Waals surface area contributed by atoms with Crippen molar-refractivity contribution in [1.82, 2.24) is 4.57 Å². The first kappa shape index (κ1) is 17.3. The molecule has 130 valence electrons. The normalized spacial score (nSPS) is 11.8. The summed E-state index contributed by atoms with van der Waals surface area (Å²) in [5, 5.41) is 0. The van der Waals surface area contributed by atoms with Crippen LogP contribution in [0.5, 0.6) is 5.75 Å². The van der Waals surface area contributed by atoms with E-state index in [1.165, 1.54) is 23.5 Å². The first-order valence-electron chi connectivity index (χ1n) is 7.71. The number of halogens is 1. The molecule has 3 rings (SSSR count). The van der Waals surface area contributed by atoms with Gasteiger partial charge in [-0.1, -0.05) is 35.6 Å². The Morgan fingerprint density at radius 2 is 1.96 bits per heavy atom. The first-order chi connectivity index (χ1) is 12.2. The van der Waals surface area contributed by atoms with E-state index in [0.29, 0.717) is 18.0 Å². The summed E-state index contributed by atoms with van der Waals surface area (Å²) in [5.41, 5.74) is 0.992. The summed E-state index contributed by atoms with van der Waals surface area (Å²) in [7, 11) is 1.62. The van der Waals surface area contributed by atoms with E-state index in [2.05, 4.69) is 4.99 Å². The number of aromatic nitrogens is 1. The fourth-order valence-corrected chi connectivity index (χ4v) is 3.42. The first-order valence-corrected chi connectivity index (χ1v) is 8.53. The lowest BCUT2D eigenvalue weighted by Crippen LogP contribution is -2.21. The van der Waals surface area contributed by atoms with Crippen LogP contribution in [0.2, 0.25) is 0 Å². The van der Waals surface area contributed by atoms with Crippen LogP contribution in [0, 0.1) is 5.82 Å². The molecule has 0 aliphatic carbocycles. The highest BCUT2D eigenvalue weighted by atomic mass is 32.1. The Kier molecular flexibility index (Phi) is 5.57. The molecule has 1 amide bonds. The number of methoxy groups -OCH3 is 1. The van der Waals surface area contributed by atoms with Crippen molar-refractivity contribution in [1.29, 1.82) is 0 Å². The lowest BCUT2D eigenvalue weighted by molar-refractivity contribution is -0.120. The third kappa shape index (κ3) is 4.12. The molecule has 1 aromatic heterocycles. The number of benzene rings is 2. The van der Waals surface area contributed by atoms with E-state index in [1.807, 2.05) is 28.8 Å². The van der Waals surface area contributed by atoms with Crippen LogP contribution in [0.25, 0.3) is 10.2 Å². The Labute approximate surface area is 148 Å². The van der Waals surface area contributed by atoms with Crippen molar-refractivity contribution in [3.8, 4) is 5.75 Å². The second kappa shape index (κ2) is 8.04. The van der Waals surface area contributed by atoms with E-state index in [4.69, 9.17) is 9.47 Å². The van der Waals surface area contributed by atoms with Crippen molar-refractivity contribution in [3.05, 3.63) is 59.1 Å². The number of fused-ring (bicyclic) bond motifs is 1. The highest BCUT2D eigenvalue weighted by Crippen LogP contribution is 2.17. The lowest BCUT2D eigenvalue weighted by Gasteiger charge is -2.05. The molecule has 0 aliphatic heterocycles. The zero-order valence-corrected chi connectivity index (χ0v) is 14.5. The molecule has 0 unspecified atom stereocenters. The minimum atomic E-state index is -0.507. The standard InChI is InChI=1S/C18H17FN2O3S/c1-23-11-10-21-14-7-3-5-9-16(14)25-18(21)20-17(22)12-24-15-8-4-2-6-13(15)19/h2-9H,10-12H2,1H3. The van der Waals surface area contributed by atoms with Gasteiger partial charge in [-0.2, -0.15) is 4.99 Å². The summed E-state index contributed by atoms with van der Waals surface area (Å²) in [4.78, 5) is 16.9. The van der Waals surface area contributed by atoms with Gasteiger partial charge >= 0.3 is 0 Å². The van der Waals surface area contributed by atoms with Crippen LogP contribution in [-0.2, 0) is 16.1 Å². The number of thiazole rings is 1. The van der Waals surface area contributed by atoms with Crippen molar-refractivity contribution in [2.45, 2.75) is 6.54 Å². The fraction of sp³-hybridized carbons (Fsp3) is 0.222. The largest absolute Gasteiger partial charge is 0.481 e. The monoisotopic (exact) mass is 360 g/mol. The number of amides is 1. The Bertz CT molecular complexity index is 949. The Hall–Kier alpha value is -2.51. The molecule has 3 aromatic rings. The van der Waals surface area contributed by atoms with E-state index in [9.17, 15) is 9.18 Å². The zero-order valence-electron chi connectivity index (χ0n) is 13.6. The molecule has 0 N–H and O–H groups in total. The molecule has 0 saturated heterocycles. The lowest BCUT2D eigenvalue weighted by atomic mass is 10.3. The second-order valence-electron chi connectivity index (χ2n) is 5.22. The summed E-state index contributed by atoms with van der Waals surface area (Å²) in [6.07, 6.45) is 0. The zero-order chi connectivity index (χ0) is 17.6. The highest BCUT2D eigenvalue weighted by molar-refractivity contribution is 7.16. The van der Waals surface area contributed by atoms with E-state index >= 15 is 0 Å². The molecule has 0 atom stereocenters. The molecule has 5 nitrogen and oxygen atoms in total. The number of nitrogens with zero attached hydrogens (tertiary/aromatic N) is 2. The third-order valence-electron chi connectivity index (χ3n) is 3.52. The van der Waals surface area contributed by atoms with Gasteiger partial charge in [-0.25, -0.2) is 4.39 Å². The summed E-state index contributed by atoms with van der Waals surface area (Å²) in [6.45, 7) is 0.772. The van der Waals surface area contributed by atoms with Crippen molar-refractivity contribution in [2.75, 3.05) is 20.3 Å². The minimum absolute atomic E-state index is 0.0367. The highest BCUT2D eigenvalue weighted by Gasteiger charge is 2.09. The number of para-hydroxylation sites is 2. The van der Waals surface area contributed by atoms with Gasteiger partial charge in [0.1, 0.15) is 0 Å². The topological polar surface area (TPSA) is 52.8 Å². The molecule has 0 bridgehead atoms. The number of rotatable bonds is 6. The van der Waals surface area contributed by atoms with Crippen LogP contribution in [-0.4, -0.2) is 30.8 Å². The van der Waals surface area contributed by atoms with Crippen LogP contribution in [0.1, 0.15) is 0 Å². The van der Waals surface area contributed by atoms with Crippen molar-refractivity contribution < 1.29 is 18.7 Å². The van der Waals surface area contributed by atoms with Crippen LogP contribution in [0.15, 0.2) is 53.5 Å². The van der Waals surface area contributed by atoms with Gasteiger partial charge in [0.25, 0.3) is 5.91 Å². The molecular weight excluding hydrogens is 343 g/mol. The smallest absolute Gasteiger partial charge is 0.286 e. The summed E-state index contributed by atoms with van der Waals surface area (Å²) >= 11 is 1.42. The van der Waals surface area contributed by atoms with Gasteiger partial charge in [-0.05, 0) is 24.3 Å². The molecule has 0 spiro atoms. The van der Waals surface area contributed by atoms with E-state index in [1.54, 1.807) is 19.2 Å². The van der Waals surface area contributed by atoms with Crippen LogP contribution in [0.4, 0.5) is 4.39 Å². The Morgan fingerprint density at radius 3 is 2.76 bits per heavy atom. The van der Waals surface area contributed by atoms with Gasteiger partial charge in [-0.3, -0.25) is 4.79 Å². The Balaban J connectivity index is 1.84. The molecule has 0 saturated carbocycles. The fourth-order valence-electron chi connectivity index (χ4n) is 2.35. The van der Waals surface area contributed by atoms with Crippen LogP contribution >= 0.6 is 11.3 Å². The van der Waals surface area contributed by atoms with Crippen molar-refractivity contribution in [3.63, 3.8) is 0 Å². The number of carbonyl (C=O) groups excluding carboxylic acids is 1. The maximum atomic E-state index is 13.5. The maximum absolute atomic E-state index is 13.5. The molecule has 25 heavy (non-hydrogen) atoms. The van der Waals surface area contributed by atoms with E-state index in [-0.39, 0.29) is 12.4 Å². The SMILES string of the molecule is COCCn1c(=NC(=O)COc2ccccc2F)sc2ccccc21. The van der Waals surface area contributed by atoms with Crippen LogP contribution < -0.4 is 9.54 Å². The van der Waals surface area contributed by atoms with Gasteiger partial charge in [-0.15, -0.1) is 0 Å². The molecule has 2 aromatic carbocycles. The second-order valence-corrected chi connectivity index (χ2v) is 6.23. The molecule has 7 heteroatoms. The molecule has 0 aliphatic rings. The van der Waals surface area contributed by atoms with Gasteiger partial charge in [0.2, 0.25) is 0 Å². The van der Waals surface area contributed by atoms with Crippen molar-refractivity contribution in [2.24, 2.45) is 4.99 Å². The summed E-state index contributed by atoms with van der Waals surface area (Å²) in [6, 6.07) is 13.8. The van der Waals surface area contributed by atoms with Gasteiger partial charge in [0.05, 0.1) is 16.8 Å². The quantitative estimate of drug-likeness (QED) is 0.679. The van der Waals surface area contributed by atoms with Crippen molar-refractivity contribution >= 4 is 27.5 Å². The minimum Gasteiger partial charge on any atom is -0.481 e. The molecule has 0 radical (unpaired) electrons. The van der Waals surface area contributed by atoms with Gasteiger partial charge in [0.15, 0.2) is 23.0 Å². The number of carbonyl (C=O) groups is 1. The number of hydrogen-bond donors (Lipinski definition) is 0. The van der Waals surface area contributed by atoms with E-state index in [0.717, 1.165) is 10.2 Å². The van der Waals surface area contributed by atoms with Crippen LogP contribution in [0.3, 0.4) is 0 Å². The number of hydrogen-bond acceptors (Lipinski definition) is 4. The average molecular weight is 360 g/mol. The Morgan fingerprint density at radius 1 is 1.20 bits per heavy atom. The number of ether oxygens (including phenoxy) is 2. The van der Waals surface area contributed by atoms with E-state index < -0.39 is 11.7 Å². The molecular formula is C18H17FN2O3S. The average Bonchev–Trinajstić information content (AvgIpc) is 2.96. The van der Waals surface area contributed by atoms with Gasteiger partial charge < -0.3 is 14.0 Å². The predicted molar refractivity (Wildman–Crippen MR) is 94.2 cm³/mol. The summed E-state index contributed by atoms with van der Waals surface area (Å²) < 4.78 is 26.8. The van der Waals surface area contributed by atoms with Gasteiger partial charge in [0, 0.05) is 13.7 Å². The molecule has 0 fully saturated rings. The third-order valence-corrected chi connectivity index (χ3v) is 4.57. The predicted octanol–water partition coefficient (Wildman–Crippen LogP) is 2.99.